The zero-order valence-electron chi connectivity index (χ0n) is 12.3. The zero-order valence-corrected chi connectivity index (χ0v) is 13.1. The van der Waals surface area contributed by atoms with E-state index in [1.165, 1.54) is 6.07 Å². The standard InChI is InChI=1S/C15H21NO4S/c1-13(2)20-12-10-16-21(18,19)15-9-4-3-7-14(15)8-5-6-11-17/h3-4,7,9,13,16-17H,6,10-12H2,1-2H3. The van der Waals surface area contributed by atoms with Gasteiger partial charge in [0.15, 0.2) is 0 Å². The van der Waals surface area contributed by atoms with Gasteiger partial charge in [-0.05, 0) is 26.0 Å². The van der Waals surface area contributed by atoms with Crippen LogP contribution >= 0.6 is 0 Å². The Labute approximate surface area is 126 Å². The van der Waals surface area contributed by atoms with Crippen LogP contribution in [0.25, 0.3) is 0 Å². The first kappa shape index (κ1) is 17.7. The fraction of sp³-hybridized carbons (Fsp3) is 0.467. The van der Waals surface area contributed by atoms with E-state index in [4.69, 9.17) is 9.84 Å². The number of ether oxygens (including phenoxy) is 1. The molecule has 0 heterocycles. The third-order valence-electron chi connectivity index (χ3n) is 2.48. The van der Waals surface area contributed by atoms with Gasteiger partial charge in [0.2, 0.25) is 10.0 Å². The zero-order chi connectivity index (χ0) is 15.7. The fourth-order valence-corrected chi connectivity index (χ4v) is 2.74. The highest BCUT2D eigenvalue weighted by molar-refractivity contribution is 7.89. The largest absolute Gasteiger partial charge is 0.395 e. The van der Waals surface area contributed by atoms with Crippen molar-refractivity contribution in [2.75, 3.05) is 19.8 Å². The van der Waals surface area contributed by atoms with E-state index < -0.39 is 10.0 Å². The molecule has 0 aromatic heterocycles. The van der Waals surface area contributed by atoms with Gasteiger partial charge in [-0.1, -0.05) is 24.0 Å². The fourth-order valence-electron chi connectivity index (χ4n) is 1.57. The molecule has 0 aliphatic carbocycles. The van der Waals surface area contributed by atoms with E-state index in [2.05, 4.69) is 16.6 Å². The quantitative estimate of drug-likeness (QED) is 0.584. The van der Waals surface area contributed by atoms with Gasteiger partial charge in [0, 0.05) is 18.5 Å². The van der Waals surface area contributed by atoms with Crippen LogP contribution in [0.3, 0.4) is 0 Å². The molecule has 0 fully saturated rings. The van der Waals surface area contributed by atoms with Gasteiger partial charge in [-0.3, -0.25) is 0 Å². The second-order valence-electron chi connectivity index (χ2n) is 4.59. The highest BCUT2D eigenvalue weighted by Crippen LogP contribution is 2.14. The van der Waals surface area contributed by atoms with Crippen LogP contribution in [-0.2, 0) is 14.8 Å². The van der Waals surface area contributed by atoms with Gasteiger partial charge in [-0.2, -0.15) is 0 Å². The third-order valence-corrected chi connectivity index (χ3v) is 4.00. The molecule has 1 rings (SSSR count). The number of nitrogens with one attached hydrogen (secondary N) is 1. The predicted molar refractivity (Wildman–Crippen MR) is 81.3 cm³/mol. The van der Waals surface area contributed by atoms with Gasteiger partial charge in [-0.25, -0.2) is 13.1 Å². The minimum Gasteiger partial charge on any atom is -0.395 e. The van der Waals surface area contributed by atoms with E-state index in [0.717, 1.165) is 0 Å². The minimum absolute atomic E-state index is 0.0489. The Hall–Kier alpha value is -1.39. The van der Waals surface area contributed by atoms with Crippen molar-refractivity contribution < 1.29 is 18.3 Å². The Kier molecular flexibility index (Phi) is 7.40. The second-order valence-corrected chi connectivity index (χ2v) is 6.32. The molecule has 0 aliphatic heterocycles. The van der Waals surface area contributed by atoms with Crippen LogP contribution in [0.4, 0.5) is 0 Å². The molecule has 21 heavy (non-hydrogen) atoms. The normalized spacial score (nSPS) is 11.2. The van der Waals surface area contributed by atoms with Crippen molar-refractivity contribution in [3.05, 3.63) is 29.8 Å². The molecule has 0 radical (unpaired) electrons. The van der Waals surface area contributed by atoms with Crippen molar-refractivity contribution in [2.24, 2.45) is 0 Å². The van der Waals surface area contributed by atoms with E-state index in [1.54, 1.807) is 18.2 Å². The lowest BCUT2D eigenvalue weighted by atomic mass is 10.2. The number of aliphatic hydroxyl groups excluding tert-OH is 1. The summed E-state index contributed by atoms with van der Waals surface area (Å²) in [7, 11) is -3.62. The van der Waals surface area contributed by atoms with Crippen molar-refractivity contribution in [1.29, 1.82) is 0 Å². The van der Waals surface area contributed by atoms with Crippen LogP contribution in [0, 0.1) is 11.8 Å². The molecule has 0 spiro atoms. The summed E-state index contributed by atoms with van der Waals surface area (Å²) < 4.78 is 32.3. The monoisotopic (exact) mass is 311 g/mol. The maximum atomic E-state index is 12.2. The summed E-state index contributed by atoms with van der Waals surface area (Å²) in [6.07, 6.45) is 0.371. The van der Waals surface area contributed by atoms with E-state index in [-0.39, 0.29) is 24.2 Å². The average molecular weight is 311 g/mol. The van der Waals surface area contributed by atoms with Crippen LogP contribution < -0.4 is 4.72 Å². The van der Waals surface area contributed by atoms with Gasteiger partial charge in [0.25, 0.3) is 0 Å². The van der Waals surface area contributed by atoms with Crippen LogP contribution in [0.2, 0.25) is 0 Å². The van der Waals surface area contributed by atoms with Gasteiger partial charge in [0.05, 0.1) is 24.2 Å². The number of aliphatic hydroxyl groups is 1. The van der Waals surface area contributed by atoms with E-state index >= 15 is 0 Å². The summed E-state index contributed by atoms with van der Waals surface area (Å²) in [5, 5.41) is 8.71. The van der Waals surface area contributed by atoms with Gasteiger partial charge in [-0.15, -0.1) is 0 Å². The van der Waals surface area contributed by atoms with Crippen molar-refractivity contribution >= 4 is 10.0 Å². The average Bonchev–Trinajstić information content (AvgIpc) is 2.44. The van der Waals surface area contributed by atoms with Gasteiger partial charge < -0.3 is 9.84 Å². The molecule has 116 valence electrons. The summed E-state index contributed by atoms with van der Waals surface area (Å²) in [5.74, 6) is 5.50. The van der Waals surface area contributed by atoms with Crippen LogP contribution in [0.1, 0.15) is 25.8 Å². The van der Waals surface area contributed by atoms with E-state index in [0.29, 0.717) is 18.6 Å². The lowest BCUT2D eigenvalue weighted by molar-refractivity contribution is 0.0834. The molecule has 1 aromatic rings. The molecule has 6 heteroatoms. The van der Waals surface area contributed by atoms with E-state index in [1.807, 2.05) is 13.8 Å². The first-order valence-corrected chi connectivity index (χ1v) is 8.25. The number of hydrogen-bond acceptors (Lipinski definition) is 4. The van der Waals surface area contributed by atoms with Crippen molar-refractivity contribution in [3.8, 4) is 11.8 Å². The highest BCUT2D eigenvalue weighted by Gasteiger charge is 2.16. The molecular weight excluding hydrogens is 290 g/mol. The molecule has 2 N–H and O–H groups in total. The van der Waals surface area contributed by atoms with Crippen molar-refractivity contribution in [3.63, 3.8) is 0 Å². The number of hydrogen-bond donors (Lipinski definition) is 2. The van der Waals surface area contributed by atoms with Crippen LogP contribution in [-0.4, -0.2) is 39.4 Å². The predicted octanol–water partition coefficient (Wildman–Crippen LogP) is 1.12. The maximum Gasteiger partial charge on any atom is 0.241 e. The second kappa shape index (κ2) is 8.80. The molecule has 0 saturated heterocycles. The van der Waals surface area contributed by atoms with Crippen LogP contribution in [0.5, 0.6) is 0 Å². The maximum absolute atomic E-state index is 12.2. The molecule has 0 bridgehead atoms. The van der Waals surface area contributed by atoms with Crippen LogP contribution in [0.15, 0.2) is 29.2 Å². The SMILES string of the molecule is CC(C)OCCNS(=O)(=O)c1ccccc1C#CCCO. The highest BCUT2D eigenvalue weighted by atomic mass is 32.2. The number of sulfonamides is 1. The lowest BCUT2D eigenvalue weighted by Crippen LogP contribution is -2.28. The summed E-state index contributed by atoms with van der Waals surface area (Å²) in [6.45, 7) is 4.25. The number of rotatable bonds is 7. The number of benzene rings is 1. The molecule has 1 aromatic carbocycles. The summed E-state index contributed by atoms with van der Waals surface area (Å²) in [6, 6.07) is 6.53. The van der Waals surface area contributed by atoms with Gasteiger partial charge in [0.1, 0.15) is 0 Å². The molecule has 0 amide bonds. The van der Waals surface area contributed by atoms with Crippen molar-refractivity contribution in [1.82, 2.24) is 4.72 Å². The van der Waals surface area contributed by atoms with Gasteiger partial charge >= 0.3 is 0 Å². The summed E-state index contributed by atoms with van der Waals surface area (Å²) >= 11 is 0. The first-order chi connectivity index (χ1) is 9.97. The summed E-state index contributed by atoms with van der Waals surface area (Å²) in [4.78, 5) is 0.139. The molecule has 0 atom stereocenters. The smallest absolute Gasteiger partial charge is 0.241 e. The molecule has 0 aliphatic rings. The Bertz CT molecular complexity index is 600. The molecule has 0 unspecified atom stereocenters. The third kappa shape index (κ3) is 6.27. The Morgan fingerprint density at radius 3 is 2.71 bits per heavy atom. The molecule has 0 saturated carbocycles. The lowest BCUT2D eigenvalue weighted by Gasteiger charge is -2.10. The molecule has 5 nitrogen and oxygen atoms in total. The Morgan fingerprint density at radius 2 is 2.05 bits per heavy atom. The summed E-state index contributed by atoms with van der Waals surface area (Å²) in [5.41, 5.74) is 0.420. The first-order valence-electron chi connectivity index (χ1n) is 6.77. The Morgan fingerprint density at radius 1 is 1.33 bits per heavy atom. The van der Waals surface area contributed by atoms with Crippen molar-refractivity contribution in [2.45, 2.75) is 31.3 Å². The van der Waals surface area contributed by atoms with E-state index in [9.17, 15) is 8.42 Å². The minimum atomic E-state index is -3.62. The Balaban J connectivity index is 2.81. The topological polar surface area (TPSA) is 75.6 Å². The molecular formula is C15H21NO4S.